The molecule has 0 fully saturated rings. The molecule has 0 radical (unpaired) electrons. The molecule has 2 N–H and O–H groups in total. The van der Waals surface area contributed by atoms with E-state index in [2.05, 4.69) is 15.6 Å². The zero-order chi connectivity index (χ0) is 8.69. The summed E-state index contributed by atoms with van der Waals surface area (Å²) in [4.78, 5) is 10.7. The second-order valence-corrected chi connectivity index (χ2v) is 2.46. The molecule has 0 amide bonds. The highest BCUT2D eigenvalue weighted by Crippen LogP contribution is 1.75. The maximum absolute atomic E-state index is 10.7. The van der Waals surface area contributed by atoms with Crippen LogP contribution in [-0.2, 0) is 9.53 Å². The van der Waals surface area contributed by atoms with Crippen LogP contribution in [0.3, 0.4) is 0 Å². The highest BCUT2D eigenvalue weighted by atomic mass is 16.5. The summed E-state index contributed by atoms with van der Waals surface area (Å²) in [7, 11) is 0. The zero-order valence-electron chi connectivity index (χ0n) is 7.31. The van der Waals surface area contributed by atoms with Gasteiger partial charge in [0.1, 0.15) is 6.54 Å². The maximum atomic E-state index is 10.7. The number of esters is 1. The van der Waals surface area contributed by atoms with Gasteiger partial charge in [-0.15, -0.1) is 0 Å². The van der Waals surface area contributed by atoms with E-state index in [1.165, 1.54) is 0 Å². The molecule has 0 saturated heterocycles. The van der Waals surface area contributed by atoms with Crippen LogP contribution < -0.4 is 10.9 Å². The molecule has 0 aromatic heterocycles. The Morgan fingerprint density at radius 1 is 1.55 bits per heavy atom. The molecule has 4 heteroatoms. The number of hydrazine groups is 1. The molecule has 0 aliphatic carbocycles. The van der Waals surface area contributed by atoms with Crippen molar-refractivity contribution in [2.24, 2.45) is 0 Å². The monoisotopic (exact) mass is 160 g/mol. The van der Waals surface area contributed by atoms with Crippen LogP contribution in [0.1, 0.15) is 20.8 Å². The Labute approximate surface area is 67.3 Å². The van der Waals surface area contributed by atoms with Crippen molar-refractivity contribution in [3.05, 3.63) is 0 Å². The Kier molecular flexibility index (Phi) is 5.78. The van der Waals surface area contributed by atoms with E-state index in [9.17, 15) is 4.79 Å². The van der Waals surface area contributed by atoms with Crippen LogP contribution in [0.5, 0.6) is 0 Å². The largest absolute Gasteiger partial charge is 0.465 e. The van der Waals surface area contributed by atoms with Gasteiger partial charge >= 0.3 is 5.97 Å². The highest BCUT2D eigenvalue weighted by molar-refractivity contribution is 5.71. The third kappa shape index (κ3) is 7.29. The fourth-order valence-electron chi connectivity index (χ4n) is 0.539. The summed E-state index contributed by atoms with van der Waals surface area (Å²) in [6, 6.07) is 0.324. The molecule has 66 valence electrons. The summed E-state index contributed by atoms with van der Waals surface area (Å²) < 4.78 is 4.68. The van der Waals surface area contributed by atoms with Gasteiger partial charge in [0.05, 0.1) is 6.61 Å². The second kappa shape index (κ2) is 6.12. The van der Waals surface area contributed by atoms with E-state index in [-0.39, 0.29) is 12.5 Å². The summed E-state index contributed by atoms with van der Waals surface area (Å²) in [6.07, 6.45) is 0. The molecule has 4 nitrogen and oxygen atoms in total. The maximum Gasteiger partial charge on any atom is 0.321 e. The van der Waals surface area contributed by atoms with Gasteiger partial charge in [-0.2, -0.15) is 0 Å². The van der Waals surface area contributed by atoms with E-state index in [4.69, 9.17) is 0 Å². The van der Waals surface area contributed by atoms with E-state index >= 15 is 0 Å². The van der Waals surface area contributed by atoms with Crippen LogP contribution in [0.25, 0.3) is 0 Å². The van der Waals surface area contributed by atoms with Crippen LogP contribution in [-0.4, -0.2) is 25.2 Å². The van der Waals surface area contributed by atoms with Crippen LogP contribution >= 0.6 is 0 Å². The number of ether oxygens (including phenoxy) is 1. The smallest absolute Gasteiger partial charge is 0.321 e. The van der Waals surface area contributed by atoms with E-state index in [0.717, 1.165) is 0 Å². The van der Waals surface area contributed by atoms with Crippen molar-refractivity contribution in [2.45, 2.75) is 26.8 Å². The van der Waals surface area contributed by atoms with Gasteiger partial charge in [-0.25, -0.2) is 5.43 Å². The predicted octanol–water partition coefficient (Wildman–Crippen LogP) is 0.0521. The first kappa shape index (κ1) is 10.4. The van der Waals surface area contributed by atoms with Crippen molar-refractivity contribution in [2.75, 3.05) is 13.2 Å². The van der Waals surface area contributed by atoms with Gasteiger partial charge < -0.3 is 4.74 Å². The number of carbonyl (C=O) groups is 1. The van der Waals surface area contributed by atoms with E-state index in [1.807, 2.05) is 13.8 Å². The minimum Gasteiger partial charge on any atom is -0.465 e. The fraction of sp³-hybridized carbons (Fsp3) is 0.857. The van der Waals surface area contributed by atoms with Gasteiger partial charge in [0.25, 0.3) is 0 Å². The average Bonchev–Trinajstić information content (AvgIpc) is 1.87. The number of hydrogen-bond acceptors (Lipinski definition) is 4. The number of carbonyl (C=O) groups excluding carboxylic acids is 1. The van der Waals surface area contributed by atoms with Gasteiger partial charge in [-0.3, -0.25) is 10.2 Å². The van der Waals surface area contributed by atoms with Crippen LogP contribution in [0, 0.1) is 0 Å². The normalized spacial score (nSPS) is 10.2. The summed E-state index contributed by atoms with van der Waals surface area (Å²) >= 11 is 0. The van der Waals surface area contributed by atoms with Gasteiger partial charge in [-0.1, -0.05) is 0 Å². The zero-order valence-corrected chi connectivity index (χ0v) is 7.31. The topological polar surface area (TPSA) is 50.4 Å². The molecular weight excluding hydrogens is 144 g/mol. The first-order valence-corrected chi connectivity index (χ1v) is 3.80. The first-order valence-electron chi connectivity index (χ1n) is 3.80. The summed E-state index contributed by atoms with van der Waals surface area (Å²) in [5, 5.41) is 0. The van der Waals surface area contributed by atoms with E-state index in [1.54, 1.807) is 6.92 Å². The van der Waals surface area contributed by atoms with Gasteiger partial charge in [0.15, 0.2) is 0 Å². The number of rotatable bonds is 5. The molecule has 0 atom stereocenters. The average molecular weight is 160 g/mol. The first-order chi connectivity index (χ1) is 5.16. The lowest BCUT2D eigenvalue weighted by Gasteiger charge is -2.08. The molecule has 0 unspecified atom stereocenters. The minimum atomic E-state index is -0.236. The lowest BCUT2D eigenvalue weighted by atomic mass is 10.4. The summed E-state index contributed by atoms with van der Waals surface area (Å²) in [6.45, 7) is 6.40. The van der Waals surface area contributed by atoms with Crippen molar-refractivity contribution >= 4 is 5.97 Å². The van der Waals surface area contributed by atoms with Crippen LogP contribution in [0.4, 0.5) is 0 Å². The van der Waals surface area contributed by atoms with Crippen molar-refractivity contribution in [1.82, 2.24) is 10.9 Å². The summed E-state index contributed by atoms with van der Waals surface area (Å²) in [5.74, 6) is -0.236. The van der Waals surface area contributed by atoms with Crippen LogP contribution in [0.2, 0.25) is 0 Å². The molecule has 0 bridgehead atoms. The second-order valence-electron chi connectivity index (χ2n) is 2.46. The van der Waals surface area contributed by atoms with Gasteiger partial charge in [0.2, 0.25) is 0 Å². The van der Waals surface area contributed by atoms with Crippen molar-refractivity contribution in [3.63, 3.8) is 0 Å². The third-order valence-corrected chi connectivity index (χ3v) is 0.929. The lowest BCUT2D eigenvalue weighted by molar-refractivity contribution is -0.142. The molecule has 11 heavy (non-hydrogen) atoms. The molecule has 0 heterocycles. The van der Waals surface area contributed by atoms with Gasteiger partial charge in [-0.05, 0) is 20.8 Å². The Morgan fingerprint density at radius 2 is 2.18 bits per heavy atom. The molecule has 0 aliphatic rings. The predicted molar refractivity (Wildman–Crippen MR) is 42.9 cm³/mol. The number of nitrogens with one attached hydrogen (secondary N) is 2. The molecule has 0 aromatic carbocycles. The minimum absolute atomic E-state index is 0.214. The van der Waals surface area contributed by atoms with E-state index in [0.29, 0.717) is 12.6 Å². The highest BCUT2D eigenvalue weighted by Gasteiger charge is 1.99. The molecule has 0 aliphatic heterocycles. The van der Waals surface area contributed by atoms with E-state index < -0.39 is 0 Å². The molecule has 0 rings (SSSR count). The lowest BCUT2D eigenvalue weighted by Crippen LogP contribution is -2.40. The van der Waals surface area contributed by atoms with Crippen molar-refractivity contribution < 1.29 is 9.53 Å². The molecular formula is C7H16N2O2. The Hall–Kier alpha value is -0.610. The SMILES string of the molecule is CCOC(=O)CNNC(C)C. The van der Waals surface area contributed by atoms with Crippen LogP contribution in [0.15, 0.2) is 0 Å². The standard InChI is InChI=1S/C7H16N2O2/c1-4-11-7(10)5-8-9-6(2)3/h6,8-9H,4-5H2,1-3H3. The Morgan fingerprint density at radius 3 is 2.64 bits per heavy atom. The summed E-state index contributed by atoms with van der Waals surface area (Å²) in [5.41, 5.74) is 5.63. The number of hydrogen-bond donors (Lipinski definition) is 2. The molecule has 0 spiro atoms. The van der Waals surface area contributed by atoms with Crippen molar-refractivity contribution in [1.29, 1.82) is 0 Å². The Bertz CT molecular complexity index is 115. The quantitative estimate of drug-likeness (QED) is 0.441. The Balaban J connectivity index is 3.17. The fourth-order valence-corrected chi connectivity index (χ4v) is 0.539. The van der Waals surface area contributed by atoms with Crippen molar-refractivity contribution in [3.8, 4) is 0 Å². The molecule has 0 aromatic rings. The third-order valence-electron chi connectivity index (χ3n) is 0.929. The molecule has 0 saturated carbocycles. The van der Waals surface area contributed by atoms with Gasteiger partial charge in [0, 0.05) is 6.04 Å².